The van der Waals surface area contributed by atoms with Crippen LogP contribution in [-0.4, -0.2) is 16.5 Å². The van der Waals surface area contributed by atoms with Crippen LogP contribution in [0.15, 0.2) is 41.8 Å². The van der Waals surface area contributed by atoms with E-state index in [1.54, 1.807) is 0 Å². The Bertz CT molecular complexity index is 323. The predicted octanol–water partition coefficient (Wildman–Crippen LogP) is 3.03. The van der Waals surface area contributed by atoms with Crippen molar-refractivity contribution in [1.29, 1.82) is 0 Å². The molecule has 0 fully saturated rings. The Kier molecular flexibility index (Phi) is 3.49. The number of fused-ring (bicyclic) bond motifs is 1. The lowest BCUT2D eigenvalue weighted by molar-refractivity contribution is 0.163. The fourth-order valence-electron chi connectivity index (χ4n) is 1.90. The smallest absolute Gasteiger partial charge is 0.0668 e. The predicted molar refractivity (Wildman–Crippen MR) is 65.2 cm³/mol. The molecular weight excluding hydrogens is 204 g/mol. The molecular formula is C13H16OS. The molecule has 0 spiro atoms. The van der Waals surface area contributed by atoms with E-state index < -0.39 is 0 Å². The first-order chi connectivity index (χ1) is 7.31. The first-order valence-corrected chi connectivity index (χ1v) is 6.22. The number of aliphatic hydroxyl groups is 1. The molecule has 1 nitrogen and oxygen atoms in total. The van der Waals surface area contributed by atoms with Crippen LogP contribution in [0.3, 0.4) is 0 Å². The van der Waals surface area contributed by atoms with E-state index in [0.29, 0.717) is 5.25 Å². The number of aliphatic hydroxyl groups excluding tert-OH is 1. The van der Waals surface area contributed by atoms with Gasteiger partial charge in [-0.25, -0.2) is 0 Å². The average Bonchev–Trinajstić information content (AvgIpc) is 2.69. The van der Waals surface area contributed by atoms with Gasteiger partial charge in [0.1, 0.15) is 0 Å². The molecule has 0 aromatic heterocycles. The Hall–Kier alpha value is -0.730. The third kappa shape index (κ3) is 2.44. The summed E-state index contributed by atoms with van der Waals surface area (Å²) in [7, 11) is 0. The summed E-state index contributed by atoms with van der Waals surface area (Å²) in [6.07, 6.45) is 4.39. The molecule has 0 amide bonds. The molecule has 1 aliphatic heterocycles. The molecule has 2 heteroatoms. The van der Waals surface area contributed by atoms with Crippen LogP contribution in [0.25, 0.3) is 0 Å². The third-order valence-corrected chi connectivity index (χ3v) is 4.20. The molecule has 2 atom stereocenters. The maximum atomic E-state index is 9.98. The summed E-state index contributed by atoms with van der Waals surface area (Å²) in [6.45, 7) is 3.68. The molecule has 2 rings (SSSR count). The van der Waals surface area contributed by atoms with Crippen LogP contribution in [0.4, 0.5) is 0 Å². The van der Waals surface area contributed by atoms with E-state index in [2.05, 4.69) is 30.8 Å². The zero-order valence-corrected chi connectivity index (χ0v) is 9.54. The Morgan fingerprint density at radius 2 is 2.33 bits per heavy atom. The monoisotopic (exact) mass is 220 g/mol. The topological polar surface area (TPSA) is 20.2 Å². The van der Waals surface area contributed by atoms with Crippen molar-refractivity contribution in [1.82, 2.24) is 0 Å². The molecule has 0 radical (unpaired) electrons. The van der Waals surface area contributed by atoms with Crippen molar-refractivity contribution in [3.63, 3.8) is 0 Å². The van der Waals surface area contributed by atoms with E-state index in [1.165, 1.54) is 10.5 Å². The van der Waals surface area contributed by atoms with E-state index in [1.807, 2.05) is 17.8 Å². The van der Waals surface area contributed by atoms with E-state index in [-0.39, 0.29) is 6.10 Å². The number of thioether (sulfide) groups is 1. The first kappa shape index (κ1) is 10.8. The van der Waals surface area contributed by atoms with Crippen molar-refractivity contribution in [2.75, 3.05) is 0 Å². The van der Waals surface area contributed by atoms with Gasteiger partial charge in [-0.3, -0.25) is 0 Å². The van der Waals surface area contributed by atoms with Crippen LogP contribution >= 0.6 is 11.8 Å². The van der Waals surface area contributed by atoms with E-state index >= 15 is 0 Å². The van der Waals surface area contributed by atoms with Gasteiger partial charge in [-0.05, 0) is 30.9 Å². The van der Waals surface area contributed by atoms with Crippen LogP contribution in [0.5, 0.6) is 0 Å². The van der Waals surface area contributed by atoms with E-state index in [9.17, 15) is 5.11 Å². The maximum absolute atomic E-state index is 9.98. The van der Waals surface area contributed by atoms with Crippen LogP contribution in [0.2, 0.25) is 0 Å². The summed E-state index contributed by atoms with van der Waals surface area (Å²) < 4.78 is 0. The standard InChI is InChI=1S/C13H16OS/c1-2-3-7-11(14)13-9-10-6-4-5-8-12(10)15-13/h2,4-6,8,11,13-14H,1,3,7,9H2. The van der Waals surface area contributed by atoms with E-state index in [4.69, 9.17) is 0 Å². The highest BCUT2D eigenvalue weighted by molar-refractivity contribution is 8.00. The minimum Gasteiger partial charge on any atom is -0.392 e. The number of benzene rings is 1. The Morgan fingerprint density at radius 3 is 3.07 bits per heavy atom. The molecule has 80 valence electrons. The second kappa shape index (κ2) is 4.86. The van der Waals surface area contributed by atoms with Gasteiger partial charge < -0.3 is 5.11 Å². The lowest BCUT2D eigenvalue weighted by atomic mass is 10.0. The Morgan fingerprint density at radius 1 is 1.53 bits per heavy atom. The van der Waals surface area contributed by atoms with Gasteiger partial charge in [-0.2, -0.15) is 0 Å². The summed E-state index contributed by atoms with van der Waals surface area (Å²) in [4.78, 5) is 1.33. The summed E-state index contributed by atoms with van der Waals surface area (Å²) in [5.41, 5.74) is 1.38. The molecule has 15 heavy (non-hydrogen) atoms. The minimum absolute atomic E-state index is 0.208. The number of allylic oxidation sites excluding steroid dienone is 1. The molecule has 1 aliphatic rings. The highest BCUT2D eigenvalue weighted by Gasteiger charge is 2.27. The largest absolute Gasteiger partial charge is 0.392 e. The van der Waals surface area contributed by atoms with E-state index in [0.717, 1.165) is 19.3 Å². The summed E-state index contributed by atoms with van der Waals surface area (Å²) >= 11 is 1.81. The van der Waals surface area contributed by atoms with Gasteiger partial charge in [0.05, 0.1) is 6.10 Å². The normalized spacial score (nSPS) is 21.0. The van der Waals surface area contributed by atoms with Crippen molar-refractivity contribution in [3.8, 4) is 0 Å². The summed E-state index contributed by atoms with van der Waals surface area (Å²) in [6, 6.07) is 8.42. The highest BCUT2D eigenvalue weighted by atomic mass is 32.2. The van der Waals surface area contributed by atoms with Crippen molar-refractivity contribution in [2.24, 2.45) is 0 Å². The minimum atomic E-state index is -0.208. The second-order valence-corrected chi connectivity index (χ2v) is 5.18. The Balaban J connectivity index is 1.97. The molecule has 0 saturated carbocycles. The second-order valence-electron chi connectivity index (χ2n) is 3.90. The van der Waals surface area contributed by atoms with Gasteiger partial charge in [0.25, 0.3) is 0 Å². The molecule has 0 saturated heterocycles. The SMILES string of the molecule is C=CCCC(O)C1Cc2ccccc2S1. The maximum Gasteiger partial charge on any atom is 0.0668 e. The molecule has 0 bridgehead atoms. The number of hydrogen-bond donors (Lipinski definition) is 1. The highest BCUT2D eigenvalue weighted by Crippen LogP contribution is 2.39. The number of hydrogen-bond acceptors (Lipinski definition) is 2. The van der Waals surface area contributed by atoms with Crippen molar-refractivity contribution < 1.29 is 5.11 Å². The lowest BCUT2D eigenvalue weighted by Gasteiger charge is -2.15. The molecule has 1 aromatic rings. The average molecular weight is 220 g/mol. The van der Waals surface area contributed by atoms with Gasteiger partial charge in [-0.1, -0.05) is 24.3 Å². The van der Waals surface area contributed by atoms with Gasteiger partial charge in [0.15, 0.2) is 0 Å². The third-order valence-electron chi connectivity index (χ3n) is 2.77. The zero-order chi connectivity index (χ0) is 10.7. The summed E-state index contributed by atoms with van der Waals surface area (Å²) in [5, 5.41) is 10.3. The zero-order valence-electron chi connectivity index (χ0n) is 8.73. The van der Waals surface area contributed by atoms with Crippen LogP contribution in [0, 0.1) is 0 Å². The molecule has 1 aromatic carbocycles. The molecule has 2 unspecified atom stereocenters. The van der Waals surface area contributed by atoms with Gasteiger partial charge in [-0.15, -0.1) is 18.3 Å². The summed E-state index contributed by atoms with van der Waals surface area (Å²) in [5.74, 6) is 0. The fraction of sp³-hybridized carbons (Fsp3) is 0.385. The van der Waals surface area contributed by atoms with Crippen molar-refractivity contribution in [3.05, 3.63) is 42.5 Å². The molecule has 1 heterocycles. The fourth-order valence-corrected chi connectivity index (χ4v) is 3.24. The van der Waals surface area contributed by atoms with Gasteiger partial charge >= 0.3 is 0 Å². The van der Waals surface area contributed by atoms with Crippen molar-refractivity contribution in [2.45, 2.75) is 35.5 Å². The van der Waals surface area contributed by atoms with Gasteiger partial charge in [0, 0.05) is 10.1 Å². The lowest BCUT2D eigenvalue weighted by Crippen LogP contribution is -2.22. The quantitative estimate of drug-likeness (QED) is 0.787. The van der Waals surface area contributed by atoms with Crippen LogP contribution in [-0.2, 0) is 6.42 Å². The first-order valence-electron chi connectivity index (χ1n) is 5.35. The molecule has 1 N–H and O–H groups in total. The van der Waals surface area contributed by atoms with Crippen LogP contribution < -0.4 is 0 Å². The van der Waals surface area contributed by atoms with Gasteiger partial charge in [0.2, 0.25) is 0 Å². The number of rotatable bonds is 4. The molecule has 0 aliphatic carbocycles. The Labute approximate surface area is 95.2 Å². The van der Waals surface area contributed by atoms with Crippen LogP contribution in [0.1, 0.15) is 18.4 Å². The van der Waals surface area contributed by atoms with Crippen molar-refractivity contribution >= 4 is 11.8 Å².